The molecule has 2 aromatic heterocycles. The average molecular weight is 446 g/mol. The number of aromatic nitrogens is 1. The van der Waals surface area contributed by atoms with Gasteiger partial charge in [0, 0.05) is 23.7 Å². The Kier molecular flexibility index (Phi) is 5.44. The van der Waals surface area contributed by atoms with Crippen LogP contribution in [-0.2, 0) is 4.84 Å². The number of oxime groups is 1. The molecule has 3 aromatic rings. The fraction of sp³-hybridized carbons (Fsp3) is 0.190. The zero-order valence-electron chi connectivity index (χ0n) is 15.9. The molecule has 1 aliphatic heterocycles. The van der Waals surface area contributed by atoms with Gasteiger partial charge in [-0.25, -0.2) is 4.39 Å². The van der Waals surface area contributed by atoms with Crippen LogP contribution in [0, 0.1) is 5.82 Å². The number of carbonyl (C=O) groups is 1. The predicted octanol–water partition coefficient (Wildman–Crippen LogP) is 4.21. The Hall–Kier alpha value is -2.97. The lowest BCUT2D eigenvalue weighted by Crippen LogP contribution is -2.40. The smallest absolute Gasteiger partial charge is 0.261 e. The van der Waals surface area contributed by atoms with Crippen LogP contribution >= 0.6 is 22.9 Å². The highest BCUT2D eigenvalue weighted by molar-refractivity contribution is 7.18. The van der Waals surface area contributed by atoms with Crippen LogP contribution in [0.3, 0.4) is 0 Å². The summed E-state index contributed by atoms with van der Waals surface area (Å²) in [5, 5.41) is 6.83. The van der Waals surface area contributed by atoms with Gasteiger partial charge in [-0.05, 0) is 48.9 Å². The van der Waals surface area contributed by atoms with Gasteiger partial charge in [-0.3, -0.25) is 9.59 Å². The Morgan fingerprint density at radius 3 is 2.87 bits per heavy atom. The summed E-state index contributed by atoms with van der Waals surface area (Å²) < 4.78 is 15.3. The summed E-state index contributed by atoms with van der Waals surface area (Å²) >= 11 is 7.05. The normalized spacial score (nSPS) is 18.0. The number of H-pyrrole nitrogens is 1. The summed E-state index contributed by atoms with van der Waals surface area (Å²) in [6.45, 7) is 1.99. The summed E-state index contributed by atoms with van der Waals surface area (Å²) in [6, 6.07) is 11.2. The largest absolute Gasteiger partial charge is 0.387 e. The van der Waals surface area contributed by atoms with Gasteiger partial charge in [-0.2, -0.15) is 0 Å². The van der Waals surface area contributed by atoms with Crippen molar-refractivity contribution in [2.24, 2.45) is 5.16 Å². The van der Waals surface area contributed by atoms with Crippen molar-refractivity contribution in [3.05, 3.63) is 79.6 Å². The molecule has 1 atom stereocenters. The van der Waals surface area contributed by atoms with Crippen molar-refractivity contribution < 1.29 is 14.0 Å². The van der Waals surface area contributed by atoms with Crippen LogP contribution < -0.4 is 10.9 Å². The lowest BCUT2D eigenvalue weighted by Gasteiger charge is -2.21. The van der Waals surface area contributed by atoms with Crippen molar-refractivity contribution in [2.45, 2.75) is 18.9 Å². The highest BCUT2D eigenvalue weighted by atomic mass is 35.5. The van der Waals surface area contributed by atoms with Gasteiger partial charge in [0.05, 0.1) is 21.5 Å². The molecule has 0 saturated heterocycles. The monoisotopic (exact) mass is 445 g/mol. The molecule has 0 fully saturated rings. The number of amides is 1. The number of nitrogens with zero attached hydrogens (tertiary/aromatic N) is 1. The third kappa shape index (κ3) is 4.15. The summed E-state index contributed by atoms with van der Waals surface area (Å²) in [5.74, 6) is -0.756. The number of benzene rings is 1. The second-order valence-electron chi connectivity index (χ2n) is 7.15. The molecule has 30 heavy (non-hydrogen) atoms. The van der Waals surface area contributed by atoms with Crippen LogP contribution in [-0.4, -0.2) is 28.7 Å². The van der Waals surface area contributed by atoms with Gasteiger partial charge in [0.25, 0.3) is 11.5 Å². The molecule has 1 aromatic carbocycles. The molecule has 154 valence electrons. The highest BCUT2D eigenvalue weighted by Crippen LogP contribution is 2.29. The minimum Gasteiger partial charge on any atom is -0.387 e. The minimum atomic E-state index is -0.798. The number of rotatable bonds is 5. The Balaban J connectivity index is 1.45. The number of pyridine rings is 1. The second kappa shape index (κ2) is 8.04. The van der Waals surface area contributed by atoms with E-state index < -0.39 is 11.4 Å². The second-order valence-corrected chi connectivity index (χ2v) is 8.87. The van der Waals surface area contributed by atoms with E-state index in [1.54, 1.807) is 43.3 Å². The first kappa shape index (κ1) is 20.3. The van der Waals surface area contributed by atoms with E-state index in [1.807, 2.05) is 0 Å². The zero-order valence-corrected chi connectivity index (χ0v) is 17.4. The third-order valence-electron chi connectivity index (χ3n) is 4.75. The van der Waals surface area contributed by atoms with Crippen LogP contribution in [0.5, 0.6) is 0 Å². The van der Waals surface area contributed by atoms with Gasteiger partial charge in [0.15, 0.2) is 5.60 Å². The minimum absolute atomic E-state index is 0.202. The predicted molar refractivity (Wildman–Crippen MR) is 115 cm³/mol. The fourth-order valence-corrected chi connectivity index (χ4v) is 4.14. The fourth-order valence-electron chi connectivity index (χ4n) is 3.18. The number of thiophene rings is 1. The van der Waals surface area contributed by atoms with E-state index in [4.69, 9.17) is 16.4 Å². The molecule has 1 amide bonds. The maximum atomic E-state index is 14.8. The number of nitrogens with one attached hydrogen (secondary N) is 2. The zero-order chi connectivity index (χ0) is 21.3. The first-order valence-electron chi connectivity index (χ1n) is 9.11. The molecule has 0 spiro atoms. The molecular formula is C21H17ClFN3O3S. The topological polar surface area (TPSA) is 83.5 Å². The lowest BCUT2D eigenvalue weighted by molar-refractivity contribution is -0.00178. The van der Waals surface area contributed by atoms with Crippen molar-refractivity contribution in [3.8, 4) is 11.1 Å². The van der Waals surface area contributed by atoms with Gasteiger partial charge in [-0.15, -0.1) is 11.3 Å². The van der Waals surface area contributed by atoms with Gasteiger partial charge in [0.1, 0.15) is 5.82 Å². The first-order chi connectivity index (χ1) is 14.3. The van der Waals surface area contributed by atoms with E-state index in [2.05, 4.69) is 15.5 Å². The van der Waals surface area contributed by atoms with E-state index in [0.717, 1.165) is 0 Å². The third-order valence-corrected chi connectivity index (χ3v) is 5.98. The van der Waals surface area contributed by atoms with E-state index in [9.17, 15) is 14.0 Å². The van der Waals surface area contributed by atoms with Crippen molar-refractivity contribution in [3.63, 3.8) is 0 Å². The van der Waals surface area contributed by atoms with Crippen LogP contribution in [0.4, 0.5) is 4.39 Å². The number of halogens is 2. The molecule has 0 radical (unpaired) electrons. The molecule has 1 unspecified atom stereocenters. The van der Waals surface area contributed by atoms with Crippen LogP contribution in [0.15, 0.2) is 58.6 Å². The Labute approximate surface area is 180 Å². The van der Waals surface area contributed by atoms with Crippen LogP contribution in [0.1, 0.15) is 28.6 Å². The molecule has 6 nitrogen and oxygen atoms in total. The molecule has 0 aliphatic carbocycles. The van der Waals surface area contributed by atoms with Gasteiger partial charge in [0.2, 0.25) is 0 Å². The van der Waals surface area contributed by atoms with E-state index in [1.165, 1.54) is 23.6 Å². The number of carbonyl (C=O) groups excluding carboxylic acids is 1. The highest BCUT2D eigenvalue weighted by Gasteiger charge is 2.36. The number of aromatic amines is 1. The van der Waals surface area contributed by atoms with E-state index in [0.29, 0.717) is 38.0 Å². The SMILES string of the molecule is CC1(CNC(=O)c2ccc(Cl)s2)CC(c2ccc(-c3ccc[nH]c3=O)cc2F)=NO1. The van der Waals surface area contributed by atoms with Crippen molar-refractivity contribution in [2.75, 3.05) is 6.54 Å². The Bertz CT molecular complexity index is 1210. The van der Waals surface area contributed by atoms with Crippen molar-refractivity contribution >= 4 is 34.6 Å². The maximum Gasteiger partial charge on any atom is 0.261 e. The quantitative estimate of drug-likeness (QED) is 0.617. The molecule has 4 rings (SSSR count). The lowest BCUT2D eigenvalue weighted by atomic mass is 9.94. The first-order valence-corrected chi connectivity index (χ1v) is 10.3. The average Bonchev–Trinajstić information content (AvgIpc) is 3.33. The summed E-state index contributed by atoms with van der Waals surface area (Å²) in [7, 11) is 0. The van der Waals surface area contributed by atoms with E-state index in [-0.39, 0.29) is 18.0 Å². The molecule has 0 saturated carbocycles. The Morgan fingerprint density at radius 2 is 2.17 bits per heavy atom. The standard InChI is InChI=1S/C21H17ClFN3O3S/c1-21(11-25-20(28)17-6-7-18(22)30-17)10-16(26-29-21)14-5-4-12(9-15(14)23)13-3-2-8-24-19(13)27/h2-9H,10-11H2,1H3,(H,24,27)(H,25,28). The molecule has 1 aliphatic rings. The maximum absolute atomic E-state index is 14.8. The van der Waals surface area contributed by atoms with Crippen molar-refractivity contribution in [1.29, 1.82) is 0 Å². The van der Waals surface area contributed by atoms with Gasteiger partial charge >= 0.3 is 0 Å². The molecule has 2 N–H and O–H groups in total. The van der Waals surface area contributed by atoms with E-state index >= 15 is 0 Å². The summed E-state index contributed by atoms with van der Waals surface area (Å²) in [5.41, 5.74) is 0.508. The molecular weight excluding hydrogens is 429 g/mol. The molecule has 0 bridgehead atoms. The molecule has 9 heteroatoms. The summed E-state index contributed by atoms with van der Waals surface area (Å²) in [4.78, 5) is 32.7. The van der Waals surface area contributed by atoms with Gasteiger partial charge < -0.3 is 15.1 Å². The number of hydrogen-bond donors (Lipinski definition) is 2. The summed E-state index contributed by atoms with van der Waals surface area (Å²) in [6.07, 6.45) is 1.84. The van der Waals surface area contributed by atoms with Crippen molar-refractivity contribution in [1.82, 2.24) is 10.3 Å². The number of hydrogen-bond acceptors (Lipinski definition) is 5. The van der Waals surface area contributed by atoms with Gasteiger partial charge in [-0.1, -0.05) is 22.8 Å². The van der Waals surface area contributed by atoms with Crippen LogP contribution in [0.2, 0.25) is 4.34 Å². The Morgan fingerprint density at radius 1 is 1.33 bits per heavy atom. The molecule has 3 heterocycles. The van der Waals surface area contributed by atoms with Crippen LogP contribution in [0.25, 0.3) is 11.1 Å².